The monoisotopic (exact) mass is 304 g/mol. The van der Waals surface area contributed by atoms with E-state index in [0.717, 1.165) is 24.0 Å². The maximum atomic E-state index is 13.8. The van der Waals surface area contributed by atoms with Crippen LogP contribution in [0.3, 0.4) is 0 Å². The molecule has 0 aliphatic heterocycles. The van der Waals surface area contributed by atoms with Crippen molar-refractivity contribution in [3.8, 4) is 5.75 Å². The molecule has 2 aromatic rings. The molecule has 0 N–H and O–H groups in total. The molecule has 4 heteroatoms. The highest BCUT2D eigenvalue weighted by Crippen LogP contribution is 2.26. The Kier molecular flexibility index (Phi) is 3.93. The topological polar surface area (TPSA) is 26.3 Å². The predicted molar refractivity (Wildman–Crippen MR) is 79.5 cm³/mol. The first-order valence-corrected chi connectivity index (χ1v) is 7.25. The van der Waals surface area contributed by atoms with Crippen LogP contribution in [0.4, 0.5) is 4.39 Å². The van der Waals surface area contributed by atoms with Gasteiger partial charge in [-0.2, -0.15) is 0 Å². The van der Waals surface area contributed by atoms with Gasteiger partial charge in [0.05, 0.1) is 5.02 Å². The summed E-state index contributed by atoms with van der Waals surface area (Å²) in [6, 6.07) is 10.3. The van der Waals surface area contributed by atoms with Gasteiger partial charge in [0.1, 0.15) is 18.2 Å². The normalized spacial score (nSPS) is 13.9. The van der Waals surface area contributed by atoms with Crippen molar-refractivity contribution < 1.29 is 13.9 Å². The highest BCUT2D eigenvalue weighted by Gasteiger charge is 2.17. The van der Waals surface area contributed by atoms with E-state index in [1.807, 2.05) is 12.1 Å². The third-order valence-corrected chi connectivity index (χ3v) is 3.95. The number of fused-ring (bicyclic) bond motifs is 1. The number of carbonyl (C=O) groups is 1. The van der Waals surface area contributed by atoms with Gasteiger partial charge in [-0.05, 0) is 36.6 Å². The number of halogens is 2. The highest BCUT2D eigenvalue weighted by molar-refractivity contribution is 6.30. The molecule has 1 aliphatic carbocycles. The fraction of sp³-hybridized carbons (Fsp3) is 0.235. The molecule has 0 unspecified atom stereocenters. The fourth-order valence-corrected chi connectivity index (χ4v) is 2.71. The SMILES string of the molecule is O=C1CCCc2ccc(OCc3cccc(Cl)c3F)cc21. The second-order valence-corrected chi connectivity index (χ2v) is 5.50. The van der Waals surface area contributed by atoms with Crippen molar-refractivity contribution in [1.82, 2.24) is 0 Å². The van der Waals surface area contributed by atoms with Crippen LogP contribution in [0.25, 0.3) is 0 Å². The van der Waals surface area contributed by atoms with Gasteiger partial charge < -0.3 is 4.74 Å². The van der Waals surface area contributed by atoms with Crippen molar-refractivity contribution in [2.24, 2.45) is 0 Å². The van der Waals surface area contributed by atoms with E-state index in [2.05, 4.69) is 0 Å². The molecular formula is C17H14ClFO2. The average molecular weight is 305 g/mol. The molecule has 2 nitrogen and oxygen atoms in total. The first-order chi connectivity index (χ1) is 10.1. The van der Waals surface area contributed by atoms with Crippen molar-refractivity contribution in [2.75, 3.05) is 0 Å². The average Bonchev–Trinajstić information content (AvgIpc) is 2.49. The minimum Gasteiger partial charge on any atom is -0.489 e. The van der Waals surface area contributed by atoms with Crippen molar-refractivity contribution in [2.45, 2.75) is 25.9 Å². The van der Waals surface area contributed by atoms with E-state index < -0.39 is 5.82 Å². The lowest BCUT2D eigenvalue weighted by Gasteiger charge is -2.16. The van der Waals surface area contributed by atoms with Gasteiger partial charge in [-0.15, -0.1) is 0 Å². The van der Waals surface area contributed by atoms with E-state index >= 15 is 0 Å². The Balaban J connectivity index is 1.78. The zero-order valence-corrected chi connectivity index (χ0v) is 12.1. The number of hydrogen-bond acceptors (Lipinski definition) is 2. The zero-order valence-electron chi connectivity index (χ0n) is 11.4. The Morgan fingerprint density at radius 3 is 2.90 bits per heavy atom. The fourth-order valence-electron chi connectivity index (χ4n) is 2.52. The van der Waals surface area contributed by atoms with Crippen molar-refractivity contribution >= 4 is 17.4 Å². The Morgan fingerprint density at radius 2 is 2.05 bits per heavy atom. The lowest BCUT2D eigenvalue weighted by atomic mass is 9.90. The zero-order chi connectivity index (χ0) is 14.8. The number of carbonyl (C=O) groups excluding carboxylic acids is 1. The summed E-state index contributed by atoms with van der Waals surface area (Å²) in [5.41, 5.74) is 2.18. The predicted octanol–water partition coefficient (Wildman–Crippen LogP) is 4.58. The third-order valence-electron chi connectivity index (χ3n) is 3.66. The minimum absolute atomic E-state index is 0.0803. The maximum Gasteiger partial charge on any atom is 0.163 e. The molecule has 0 saturated heterocycles. The molecule has 0 heterocycles. The summed E-state index contributed by atoms with van der Waals surface area (Å²) in [7, 11) is 0. The molecule has 3 rings (SSSR count). The first kappa shape index (κ1) is 14.1. The summed E-state index contributed by atoms with van der Waals surface area (Å²) in [4.78, 5) is 11.9. The second-order valence-electron chi connectivity index (χ2n) is 5.10. The van der Waals surface area contributed by atoms with Gasteiger partial charge in [0, 0.05) is 17.5 Å². The van der Waals surface area contributed by atoms with E-state index in [1.165, 1.54) is 6.07 Å². The summed E-state index contributed by atoms with van der Waals surface area (Å²) in [5, 5.41) is 0.0803. The largest absolute Gasteiger partial charge is 0.489 e. The molecule has 0 radical (unpaired) electrons. The molecule has 2 aromatic carbocycles. The number of ketones is 1. The molecule has 0 fully saturated rings. The van der Waals surface area contributed by atoms with Crippen LogP contribution in [-0.4, -0.2) is 5.78 Å². The Morgan fingerprint density at radius 1 is 1.19 bits per heavy atom. The Bertz CT molecular complexity index is 697. The molecule has 0 aromatic heterocycles. The van der Waals surface area contributed by atoms with E-state index in [1.54, 1.807) is 18.2 Å². The van der Waals surface area contributed by atoms with Crippen molar-refractivity contribution in [3.05, 3.63) is 63.9 Å². The van der Waals surface area contributed by atoms with Crippen LogP contribution >= 0.6 is 11.6 Å². The number of Topliss-reactive ketones (excluding diaryl/α,β-unsaturated/α-hetero) is 1. The Labute approximate surface area is 127 Å². The highest BCUT2D eigenvalue weighted by atomic mass is 35.5. The van der Waals surface area contributed by atoms with Crippen molar-refractivity contribution in [1.29, 1.82) is 0 Å². The molecule has 1 aliphatic rings. The van der Waals surface area contributed by atoms with Crippen LogP contribution in [0, 0.1) is 5.82 Å². The van der Waals surface area contributed by atoms with Gasteiger partial charge in [-0.3, -0.25) is 4.79 Å². The molecular weight excluding hydrogens is 291 g/mol. The molecule has 108 valence electrons. The smallest absolute Gasteiger partial charge is 0.163 e. The number of aryl methyl sites for hydroxylation is 1. The summed E-state index contributed by atoms with van der Waals surface area (Å²) < 4.78 is 19.4. The number of rotatable bonds is 3. The standard InChI is InChI=1S/C17H14ClFO2/c18-15-5-1-4-12(17(15)19)10-21-13-8-7-11-3-2-6-16(20)14(11)9-13/h1,4-5,7-9H,2-3,6,10H2. The van der Waals surface area contributed by atoms with Crippen molar-refractivity contribution in [3.63, 3.8) is 0 Å². The molecule has 0 bridgehead atoms. The molecule has 21 heavy (non-hydrogen) atoms. The van der Waals surface area contributed by atoms with E-state index in [0.29, 0.717) is 17.7 Å². The molecule has 0 amide bonds. The number of benzene rings is 2. The maximum absolute atomic E-state index is 13.8. The van der Waals surface area contributed by atoms with Gasteiger partial charge in [-0.1, -0.05) is 29.8 Å². The second kappa shape index (κ2) is 5.86. The van der Waals surface area contributed by atoms with Crippen LogP contribution in [0.1, 0.15) is 34.3 Å². The number of ether oxygens (including phenoxy) is 1. The van der Waals surface area contributed by atoms with Gasteiger partial charge in [-0.25, -0.2) is 4.39 Å². The number of hydrogen-bond donors (Lipinski definition) is 0. The quantitative estimate of drug-likeness (QED) is 0.830. The lowest BCUT2D eigenvalue weighted by Crippen LogP contribution is -2.11. The van der Waals surface area contributed by atoms with Gasteiger partial charge >= 0.3 is 0 Å². The summed E-state index contributed by atoms with van der Waals surface area (Å²) in [5.74, 6) is 0.257. The molecule has 0 saturated carbocycles. The summed E-state index contributed by atoms with van der Waals surface area (Å²) >= 11 is 5.73. The van der Waals surface area contributed by atoms with Crippen LogP contribution in [0.5, 0.6) is 5.75 Å². The molecule has 0 atom stereocenters. The third kappa shape index (κ3) is 2.93. The van der Waals surface area contributed by atoms with E-state index in [-0.39, 0.29) is 17.4 Å². The Hall–Kier alpha value is -1.87. The van der Waals surface area contributed by atoms with Gasteiger partial charge in [0.2, 0.25) is 0 Å². The first-order valence-electron chi connectivity index (χ1n) is 6.87. The minimum atomic E-state index is -0.465. The van der Waals surface area contributed by atoms with E-state index in [4.69, 9.17) is 16.3 Å². The summed E-state index contributed by atoms with van der Waals surface area (Å²) in [6.07, 6.45) is 2.41. The van der Waals surface area contributed by atoms with Gasteiger partial charge in [0.15, 0.2) is 5.78 Å². The van der Waals surface area contributed by atoms with E-state index in [9.17, 15) is 9.18 Å². The summed E-state index contributed by atoms with van der Waals surface area (Å²) in [6.45, 7) is 0.0827. The van der Waals surface area contributed by atoms with Crippen LogP contribution in [-0.2, 0) is 13.0 Å². The van der Waals surface area contributed by atoms with Gasteiger partial charge in [0.25, 0.3) is 0 Å². The van der Waals surface area contributed by atoms with Crippen LogP contribution in [0.2, 0.25) is 5.02 Å². The molecule has 0 spiro atoms. The van der Waals surface area contributed by atoms with Crippen LogP contribution < -0.4 is 4.74 Å². The lowest BCUT2D eigenvalue weighted by molar-refractivity contribution is 0.0972. The van der Waals surface area contributed by atoms with Crippen LogP contribution in [0.15, 0.2) is 36.4 Å².